The molecule has 0 unspecified atom stereocenters. The molecule has 0 heterocycles. The number of aliphatic carboxylic acids is 1. The van der Waals surface area contributed by atoms with E-state index in [0.717, 1.165) is 0 Å². The van der Waals surface area contributed by atoms with Crippen LogP contribution in [0.15, 0.2) is 10.6 Å². The van der Waals surface area contributed by atoms with Gasteiger partial charge in [0.1, 0.15) is 0 Å². The summed E-state index contributed by atoms with van der Waals surface area (Å²) in [5.74, 6) is -0.331. The number of carboxylic acid groups (broad SMARTS) is 1. The molecule has 0 aromatic carbocycles. The van der Waals surface area contributed by atoms with E-state index in [9.17, 15) is 4.79 Å². The van der Waals surface area contributed by atoms with E-state index < -0.39 is 5.97 Å². The van der Waals surface area contributed by atoms with E-state index in [1.807, 2.05) is 0 Å². The lowest BCUT2D eigenvalue weighted by atomic mass is 10.7. The molecule has 0 rings (SSSR count). The van der Waals surface area contributed by atoms with Crippen LogP contribution in [0.25, 0.3) is 0 Å². The molecule has 58 valence electrons. The average Bonchev–Trinajstić information content (AvgIpc) is 1.87. The molecule has 0 aliphatic heterocycles. The van der Waals surface area contributed by atoms with Gasteiger partial charge in [0.15, 0.2) is 0 Å². The fourth-order valence-corrected chi connectivity index (χ4v) is 1.22. The first-order valence-electron chi connectivity index (χ1n) is 2.41. The van der Waals surface area contributed by atoms with E-state index in [0.29, 0.717) is 10.8 Å². The molecule has 0 radical (unpaired) electrons. The van der Waals surface area contributed by atoms with E-state index in [1.54, 1.807) is 0 Å². The van der Waals surface area contributed by atoms with E-state index >= 15 is 0 Å². The Labute approximate surface area is 73.2 Å². The van der Waals surface area contributed by atoms with Crippen molar-refractivity contribution in [3.05, 3.63) is 10.6 Å². The van der Waals surface area contributed by atoms with Crippen molar-refractivity contribution >= 4 is 40.9 Å². The van der Waals surface area contributed by atoms with Crippen LogP contribution >= 0.6 is 35.0 Å². The van der Waals surface area contributed by atoms with Gasteiger partial charge in [0.2, 0.25) is 0 Å². The van der Waals surface area contributed by atoms with Gasteiger partial charge in [-0.1, -0.05) is 23.2 Å². The third kappa shape index (κ3) is 6.26. The van der Waals surface area contributed by atoms with Gasteiger partial charge in [-0.25, -0.2) is 0 Å². The Morgan fingerprint density at radius 2 is 2.20 bits per heavy atom. The predicted octanol–water partition coefficient (Wildman–Crippen LogP) is 2.12. The topological polar surface area (TPSA) is 37.3 Å². The van der Waals surface area contributed by atoms with E-state index in [4.69, 9.17) is 28.3 Å². The van der Waals surface area contributed by atoms with Gasteiger partial charge in [0.25, 0.3) is 0 Å². The molecule has 0 fully saturated rings. The van der Waals surface area contributed by atoms with Crippen LogP contribution in [0.4, 0.5) is 0 Å². The first-order chi connectivity index (χ1) is 4.66. The Morgan fingerprint density at radius 3 is 2.60 bits per heavy atom. The van der Waals surface area contributed by atoms with Crippen LogP contribution in [-0.2, 0) is 4.79 Å². The lowest BCUT2D eigenvalue weighted by Crippen LogP contribution is -1.98. The number of hydrogen-bond acceptors (Lipinski definition) is 2. The first kappa shape index (κ1) is 10.1. The Hall–Kier alpha value is 0.140. The van der Waals surface area contributed by atoms with Gasteiger partial charge in [0.05, 0.1) is 5.75 Å². The largest absolute Gasteiger partial charge is 0.481 e. The summed E-state index contributed by atoms with van der Waals surface area (Å²) in [6.45, 7) is 0. The minimum atomic E-state index is -0.843. The fraction of sp³-hybridized carbons (Fsp3) is 0.400. The van der Waals surface area contributed by atoms with Gasteiger partial charge in [0, 0.05) is 16.3 Å². The summed E-state index contributed by atoms with van der Waals surface area (Å²) in [4.78, 5) is 9.95. The highest BCUT2D eigenvalue weighted by atomic mass is 35.5. The quantitative estimate of drug-likeness (QED) is 0.756. The van der Waals surface area contributed by atoms with Crippen LogP contribution in [-0.4, -0.2) is 22.6 Å². The van der Waals surface area contributed by atoms with Crippen molar-refractivity contribution in [3.8, 4) is 0 Å². The molecular weight excluding hydrogens is 195 g/mol. The van der Waals surface area contributed by atoms with Crippen LogP contribution in [0.3, 0.4) is 0 Å². The molecule has 10 heavy (non-hydrogen) atoms. The number of rotatable bonds is 4. The van der Waals surface area contributed by atoms with Crippen LogP contribution < -0.4 is 0 Å². The third-order valence-corrected chi connectivity index (χ3v) is 2.33. The Balaban J connectivity index is 3.29. The average molecular weight is 201 g/mol. The van der Waals surface area contributed by atoms with Crippen LogP contribution in [0.5, 0.6) is 0 Å². The molecule has 0 saturated carbocycles. The van der Waals surface area contributed by atoms with Gasteiger partial charge in [-0.2, -0.15) is 0 Å². The lowest BCUT2D eigenvalue weighted by molar-refractivity contribution is -0.133. The molecule has 0 bridgehead atoms. The molecule has 0 aromatic rings. The van der Waals surface area contributed by atoms with Crippen molar-refractivity contribution in [1.29, 1.82) is 0 Å². The van der Waals surface area contributed by atoms with Crippen LogP contribution in [0.2, 0.25) is 0 Å². The second-order valence-corrected chi connectivity index (χ2v) is 3.13. The zero-order valence-corrected chi connectivity index (χ0v) is 7.34. The molecule has 5 heteroatoms. The van der Waals surface area contributed by atoms with Crippen LogP contribution in [0.1, 0.15) is 0 Å². The summed E-state index contributed by atoms with van der Waals surface area (Å²) >= 11 is 11.9. The summed E-state index contributed by atoms with van der Waals surface area (Å²) in [5, 5.41) is 8.65. The Morgan fingerprint density at radius 1 is 1.60 bits per heavy atom. The van der Waals surface area contributed by atoms with E-state index in [-0.39, 0.29) is 5.75 Å². The summed E-state index contributed by atoms with van der Waals surface area (Å²) in [7, 11) is 0. The molecule has 0 aliphatic rings. The molecule has 0 aliphatic carbocycles. The maximum Gasteiger partial charge on any atom is 0.313 e. The zero-order valence-electron chi connectivity index (χ0n) is 5.01. The summed E-state index contributed by atoms with van der Waals surface area (Å²) in [6, 6.07) is 0. The number of carboxylic acids is 1. The van der Waals surface area contributed by atoms with Gasteiger partial charge < -0.3 is 5.11 Å². The van der Waals surface area contributed by atoms with Crippen molar-refractivity contribution in [1.82, 2.24) is 0 Å². The Kier molecular flexibility index (Phi) is 5.97. The standard InChI is InChI=1S/C5H6Cl2O2S/c6-1-4(7)2-10-3-5(8)9/h1H,2-3H2,(H,8,9). The molecular formula is C5H6Cl2O2S. The van der Waals surface area contributed by atoms with Gasteiger partial charge in [-0.3, -0.25) is 4.79 Å². The van der Waals surface area contributed by atoms with Crippen molar-refractivity contribution < 1.29 is 9.90 Å². The highest BCUT2D eigenvalue weighted by Crippen LogP contribution is 2.11. The normalized spacial score (nSPS) is 11.6. The molecule has 0 atom stereocenters. The maximum absolute atomic E-state index is 9.95. The SMILES string of the molecule is O=C(O)CSCC(Cl)=CCl. The second kappa shape index (κ2) is 5.89. The smallest absolute Gasteiger partial charge is 0.313 e. The van der Waals surface area contributed by atoms with Gasteiger partial charge >= 0.3 is 5.97 Å². The van der Waals surface area contributed by atoms with Crippen molar-refractivity contribution in [3.63, 3.8) is 0 Å². The third-order valence-electron chi connectivity index (χ3n) is 0.584. The zero-order chi connectivity index (χ0) is 7.98. The fourth-order valence-electron chi connectivity index (χ4n) is 0.267. The maximum atomic E-state index is 9.95. The molecule has 0 spiro atoms. The summed E-state index contributed by atoms with van der Waals surface area (Å²) in [6.07, 6.45) is 0. The molecule has 0 amide bonds. The molecule has 0 saturated heterocycles. The van der Waals surface area contributed by atoms with Crippen molar-refractivity contribution in [2.75, 3.05) is 11.5 Å². The first-order valence-corrected chi connectivity index (χ1v) is 4.38. The monoisotopic (exact) mass is 200 g/mol. The van der Waals surface area contributed by atoms with Gasteiger partial charge in [-0.05, 0) is 0 Å². The summed E-state index contributed by atoms with van der Waals surface area (Å²) < 4.78 is 0. The minimum Gasteiger partial charge on any atom is -0.481 e. The summed E-state index contributed by atoms with van der Waals surface area (Å²) in [5.41, 5.74) is 1.23. The number of hydrogen-bond donors (Lipinski definition) is 1. The molecule has 0 aromatic heterocycles. The van der Waals surface area contributed by atoms with E-state index in [2.05, 4.69) is 0 Å². The highest BCUT2D eigenvalue weighted by molar-refractivity contribution is 8.00. The Bertz CT molecular complexity index is 147. The van der Waals surface area contributed by atoms with E-state index in [1.165, 1.54) is 17.3 Å². The lowest BCUT2D eigenvalue weighted by Gasteiger charge is -1.93. The number of carbonyl (C=O) groups is 1. The number of thioether (sulfide) groups is 1. The van der Waals surface area contributed by atoms with Crippen molar-refractivity contribution in [2.45, 2.75) is 0 Å². The predicted molar refractivity (Wildman–Crippen MR) is 44.7 cm³/mol. The molecule has 1 N–H and O–H groups in total. The van der Waals surface area contributed by atoms with Crippen LogP contribution in [0, 0.1) is 0 Å². The second-order valence-electron chi connectivity index (χ2n) is 1.44. The van der Waals surface area contributed by atoms with Gasteiger partial charge in [-0.15, -0.1) is 11.8 Å². The molecule has 2 nitrogen and oxygen atoms in total. The number of halogens is 2. The minimum absolute atomic E-state index is 0.0565. The van der Waals surface area contributed by atoms with Crippen molar-refractivity contribution in [2.24, 2.45) is 0 Å². The highest BCUT2D eigenvalue weighted by Gasteiger charge is 1.97.